The zero-order valence-corrected chi connectivity index (χ0v) is 23.6. The van der Waals surface area contributed by atoms with Gasteiger partial charge < -0.3 is 26.4 Å². The van der Waals surface area contributed by atoms with Gasteiger partial charge in [-0.25, -0.2) is 4.99 Å². The lowest BCUT2D eigenvalue weighted by Gasteiger charge is -2.42. The Morgan fingerprint density at radius 1 is 1.02 bits per heavy atom. The van der Waals surface area contributed by atoms with Gasteiger partial charge >= 0.3 is 0 Å². The molecule has 3 aromatic carbocycles. The third kappa shape index (κ3) is 5.53. The SMILES string of the molecule is NC(N)=NC1Oc2ccc(cc2)CCC(S(=O)(=O)O)C2C=C(C(O)c3ccc(O)cc3)CC3C=Cc4cc1ccc4C32. The summed E-state index contributed by atoms with van der Waals surface area (Å²) in [5.41, 5.74) is 16.2. The molecule has 6 bridgehead atoms. The Kier molecular flexibility index (Phi) is 7.30. The molecule has 9 nitrogen and oxygen atoms in total. The topological polar surface area (TPSA) is 168 Å². The third-order valence-electron chi connectivity index (χ3n) is 8.56. The smallest absolute Gasteiger partial charge is 0.268 e. The number of phenolic OH excluding ortho intramolecular Hbond substituents is 1. The van der Waals surface area contributed by atoms with Gasteiger partial charge in [-0.1, -0.05) is 54.6 Å². The normalized spacial score (nSPS) is 25.5. The number of aliphatic hydroxyl groups excluding tert-OH is 1. The van der Waals surface area contributed by atoms with Gasteiger partial charge in [-0.15, -0.1) is 0 Å². The molecule has 0 amide bonds. The number of benzene rings is 3. The van der Waals surface area contributed by atoms with Crippen LogP contribution < -0.4 is 16.2 Å². The Bertz CT molecular complexity index is 1680. The molecule has 0 spiro atoms. The monoisotopic (exact) mass is 587 g/mol. The molecule has 218 valence electrons. The molecule has 0 fully saturated rings. The maximum absolute atomic E-state index is 13.0. The van der Waals surface area contributed by atoms with Crippen LogP contribution in [0.15, 0.2) is 89.4 Å². The van der Waals surface area contributed by atoms with E-state index >= 15 is 0 Å². The van der Waals surface area contributed by atoms with Crippen molar-refractivity contribution in [2.24, 2.45) is 28.3 Å². The average Bonchev–Trinajstić information content (AvgIpc) is 2.96. The Morgan fingerprint density at radius 2 is 1.76 bits per heavy atom. The minimum atomic E-state index is -4.49. The van der Waals surface area contributed by atoms with E-state index in [1.54, 1.807) is 24.3 Å². The molecule has 2 aliphatic carbocycles. The van der Waals surface area contributed by atoms with Crippen molar-refractivity contribution >= 4 is 22.2 Å². The summed E-state index contributed by atoms with van der Waals surface area (Å²) in [6.45, 7) is 0. The lowest BCUT2D eigenvalue weighted by molar-refractivity contribution is 0.196. The highest BCUT2D eigenvalue weighted by molar-refractivity contribution is 7.86. The second kappa shape index (κ2) is 10.9. The number of ether oxygens (including phenoxy) is 1. The van der Waals surface area contributed by atoms with Crippen LogP contribution in [0.4, 0.5) is 0 Å². The van der Waals surface area contributed by atoms with Crippen molar-refractivity contribution in [3.63, 3.8) is 0 Å². The fraction of sp³-hybridized carbons (Fsp3) is 0.281. The number of allylic oxidation sites excluding steroid dienone is 2. The fourth-order valence-electron chi connectivity index (χ4n) is 6.58. The van der Waals surface area contributed by atoms with E-state index in [9.17, 15) is 23.2 Å². The lowest BCUT2D eigenvalue weighted by Crippen LogP contribution is -2.39. The zero-order chi connectivity index (χ0) is 29.6. The summed E-state index contributed by atoms with van der Waals surface area (Å²) in [6.07, 6.45) is 5.19. The van der Waals surface area contributed by atoms with Crippen molar-refractivity contribution in [1.82, 2.24) is 0 Å². The number of aryl methyl sites for hydroxylation is 1. The van der Waals surface area contributed by atoms with Crippen LogP contribution in [-0.4, -0.2) is 34.4 Å². The van der Waals surface area contributed by atoms with E-state index in [1.807, 2.05) is 48.6 Å². The maximum Gasteiger partial charge on any atom is 0.268 e. The minimum absolute atomic E-state index is 0.0867. The quantitative estimate of drug-likeness (QED) is 0.130. The van der Waals surface area contributed by atoms with Crippen molar-refractivity contribution in [3.8, 4) is 11.5 Å². The summed E-state index contributed by atoms with van der Waals surface area (Å²) in [5, 5.41) is 20.0. The first-order chi connectivity index (χ1) is 20.1. The summed E-state index contributed by atoms with van der Waals surface area (Å²) in [4.78, 5) is 4.31. The summed E-state index contributed by atoms with van der Waals surface area (Å²) in [5.74, 6) is -0.489. The minimum Gasteiger partial charge on any atom is -0.508 e. The molecule has 10 heteroatoms. The molecule has 0 radical (unpaired) electrons. The van der Waals surface area contributed by atoms with Crippen LogP contribution in [-0.2, 0) is 16.5 Å². The van der Waals surface area contributed by atoms with Gasteiger partial charge in [0.1, 0.15) is 17.6 Å². The number of aliphatic imine (C=N–C) groups is 1. The van der Waals surface area contributed by atoms with Gasteiger partial charge in [0.25, 0.3) is 10.1 Å². The highest BCUT2D eigenvalue weighted by Crippen LogP contribution is 2.51. The highest BCUT2D eigenvalue weighted by atomic mass is 32.2. The first kappa shape index (κ1) is 28.0. The van der Waals surface area contributed by atoms with Crippen LogP contribution in [0, 0.1) is 11.8 Å². The predicted molar refractivity (Wildman–Crippen MR) is 160 cm³/mol. The standard InChI is InChI=1S/C32H33N3O6S/c33-32(34)35-31-22-8-13-26-20(15-22)4-5-21-16-23(30(37)19-6-9-24(36)10-7-19)17-27(29(21)26)28(42(38,39)40)14-3-18-1-11-25(41-31)12-2-18/h1-2,4-13,15,17,21,27-31,36-37H,3,14,16H2,(H4,33,34,35)(H,38,39,40). The van der Waals surface area contributed by atoms with E-state index < -0.39 is 33.6 Å². The van der Waals surface area contributed by atoms with Gasteiger partial charge in [0.15, 0.2) is 5.96 Å². The van der Waals surface area contributed by atoms with E-state index in [4.69, 9.17) is 16.2 Å². The van der Waals surface area contributed by atoms with Crippen LogP contribution in [0.2, 0.25) is 0 Å². The molecule has 42 heavy (non-hydrogen) atoms. The van der Waals surface area contributed by atoms with Crippen LogP contribution >= 0.6 is 0 Å². The predicted octanol–water partition coefficient (Wildman–Crippen LogP) is 4.35. The highest BCUT2D eigenvalue weighted by Gasteiger charge is 2.44. The zero-order valence-electron chi connectivity index (χ0n) is 22.7. The molecule has 0 saturated carbocycles. The van der Waals surface area contributed by atoms with Crippen LogP contribution in [0.25, 0.3) is 6.08 Å². The molecule has 7 N–H and O–H groups in total. The second-order valence-corrected chi connectivity index (χ2v) is 12.8. The number of guanidine groups is 1. The molecule has 9 rings (SSSR count). The number of nitrogens with two attached hydrogens (primary N) is 2. The maximum atomic E-state index is 13.0. The number of aliphatic hydroxyl groups is 1. The molecular weight excluding hydrogens is 554 g/mol. The molecular formula is C32H33N3O6S. The van der Waals surface area contributed by atoms with Crippen molar-refractivity contribution in [2.75, 3.05) is 0 Å². The van der Waals surface area contributed by atoms with E-state index in [-0.39, 0.29) is 30.0 Å². The fourth-order valence-corrected chi connectivity index (χ4v) is 7.64. The van der Waals surface area contributed by atoms with Crippen molar-refractivity contribution in [3.05, 3.63) is 112 Å². The first-order valence-electron chi connectivity index (χ1n) is 13.9. The molecule has 0 aromatic heterocycles. The second-order valence-electron chi connectivity index (χ2n) is 11.2. The van der Waals surface area contributed by atoms with Crippen LogP contribution in [0.3, 0.4) is 0 Å². The largest absolute Gasteiger partial charge is 0.508 e. The van der Waals surface area contributed by atoms with Gasteiger partial charge in [0.2, 0.25) is 6.23 Å². The molecule has 6 unspecified atom stereocenters. The van der Waals surface area contributed by atoms with Gasteiger partial charge in [0, 0.05) is 11.5 Å². The number of phenols is 1. The number of rotatable bonds is 4. The van der Waals surface area contributed by atoms with Gasteiger partial charge in [-0.3, -0.25) is 4.55 Å². The summed E-state index contributed by atoms with van der Waals surface area (Å²) in [7, 11) is -4.49. The lowest BCUT2D eigenvalue weighted by atomic mass is 9.64. The van der Waals surface area contributed by atoms with E-state index in [0.29, 0.717) is 29.7 Å². The van der Waals surface area contributed by atoms with Crippen LogP contribution in [0.5, 0.6) is 11.5 Å². The van der Waals surface area contributed by atoms with Crippen molar-refractivity contribution < 1.29 is 27.9 Å². The van der Waals surface area contributed by atoms with E-state index in [1.165, 1.54) is 12.1 Å². The summed E-state index contributed by atoms with van der Waals surface area (Å²) < 4.78 is 42.9. The number of nitrogens with zero attached hydrogens (tertiary/aromatic N) is 1. The number of hydrogen-bond donors (Lipinski definition) is 5. The molecule has 0 saturated heterocycles. The molecule has 4 heterocycles. The Morgan fingerprint density at radius 3 is 2.45 bits per heavy atom. The molecule has 6 atom stereocenters. The van der Waals surface area contributed by atoms with Gasteiger partial charge in [-0.05, 0) is 89.3 Å². The van der Waals surface area contributed by atoms with E-state index in [0.717, 1.165) is 22.3 Å². The van der Waals surface area contributed by atoms with Crippen molar-refractivity contribution in [1.29, 1.82) is 0 Å². The first-order valence-corrected chi connectivity index (χ1v) is 15.4. The number of hydrogen-bond acceptors (Lipinski definition) is 6. The third-order valence-corrected chi connectivity index (χ3v) is 9.87. The van der Waals surface area contributed by atoms with Gasteiger partial charge in [-0.2, -0.15) is 8.42 Å². The van der Waals surface area contributed by atoms with Gasteiger partial charge in [0.05, 0.1) is 5.25 Å². The van der Waals surface area contributed by atoms with Crippen molar-refractivity contribution in [2.45, 2.75) is 42.8 Å². The Labute approximate surface area is 244 Å². The van der Waals surface area contributed by atoms with E-state index in [2.05, 4.69) is 4.99 Å². The summed E-state index contributed by atoms with van der Waals surface area (Å²) in [6, 6.07) is 19.4. The molecule has 6 aliphatic rings. The molecule has 4 aliphatic heterocycles. The Balaban J connectivity index is 1.51. The summed E-state index contributed by atoms with van der Waals surface area (Å²) >= 11 is 0. The average molecular weight is 588 g/mol. The number of aromatic hydroxyl groups is 1. The van der Waals surface area contributed by atoms with Crippen LogP contribution in [0.1, 0.15) is 58.9 Å². The Hall–Kier alpha value is -4.12. The molecule has 3 aromatic rings.